The topological polar surface area (TPSA) is 63.5 Å². The molecule has 1 amide bonds. The van der Waals surface area contributed by atoms with Crippen molar-refractivity contribution in [2.75, 3.05) is 18.1 Å². The predicted molar refractivity (Wildman–Crippen MR) is 75.6 cm³/mol. The van der Waals surface area contributed by atoms with Crippen LogP contribution in [-0.2, 0) is 0 Å². The highest BCUT2D eigenvalue weighted by Gasteiger charge is 2.28. The zero-order chi connectivity index (χ0) is 14.9. The maximum absolute atomic E-state index is 14.1. The largest absolute Gasteiger partial charge is 0.334 e. The molecule has 0 aliphatic carbocycles. The van der Waals surface area contributed by atoms with Crippen molar-refractivity contribution in [2.24, 2.45) is 0 Å². The number of amides is 1. The van der Waals surface area contributed by atoms with E-state index in [0.717, 1.165) is 23.6 Å². The molecule has 1 saturated heterocycles. The van der Waals surface area contributed by atoms with Gasteiger partial charge in [-0.05, 0) is 19.4 Å². The van der Waals surface area contributed by atoms with E-state index in [0.29, 0.717) is 6.54 Å². The fourth-order valence-electron chi connectivity index (χ4n) is 2.20. The molecule has 0 radical (unpaired) electrons. The Bertz CT molecular complexity index is 565. The summed E-state index contributed by atoms with van der Waals surface area (Å²) in [4.78, 5) is 24.2. The molecule has 1 unspecified atom stereocenters. The van der Waals surface area contributed by atoms with Crippen LogP contribution in [0.5, 0.6) is 0 Å². The van der Waals surface area contributed by atoms with Crippen LogP contribution in [-0.4, -0.2) is 39.8 Å². The predicted octanol–water partition coefficient (Wildman–Crippen LogP) is 2.62. The number of hydrogen-bond donors (Lipinski definition) is 0. The van der Waals surface area contributed by atoms with Gasteiger partial charge in [-0.3, -0.25) is 14.9 Å². The first-order valence-corrected chi connectivity index (χ1v) is 7.40. The highest BCUT2D eigenvalue weighted by Crippen LogP contribution is 2.25. The second kappa shape index (κ2) is 5.78. The summed E-state index contributed by atoms with van der Waals surface area (Å²) in [6.45, 7) is 3.85. The minimum atomic E-state index is -0.675. The lowest BCUT2D eigenvalue weighted by atomic mass is 10.1. The van der Waals surface area contributed by atoms with Crippen LogP contribution in [0.1, 0.15) is 22.8 Å². The number of nitro benzene ring substituents is 1. The Labute approximate surface area is 120 Å². The first kappa shape index (κ1) is 14.8. The Kier molecular flexibility index (Phi) is 4.27. The molecule has 0 aromatic heterocycles. The number of halogens is 1. The Morgan fingerprint density at radius 3 is 2.85 bits per heavy atom. The molecule has 1 fully saturated rings. The van der Waals surface area contributed by atoms with Crippen molar-refractivity contribution in [3.05, 3.63) is 39.2 Å². The van der Waals surface area contributed by atoms with Gasteiger partial charge < -0.3 is 4.90 Å². The van der Waals surface area contributed by atoms with Crippen molar-refractivity contribution in [3.8, 4) is 0 Å². The molecule has 1 heterocycles. The van der Waals surface area contributed by atoms with Crippen molar-refractivity contribution >= 4 is 23.4 Å². The summed E-state index contributed by atoms with van der Waals surface area (Å²) in [6, 6.07) is 2.17. The van der Waals surface area contributed by atoms with Crippen molar-refractivity contribution in [3.63, 3.8) is 0 Å². The van der Waals surface area contributed by atoms with Crippen LogP contribution in [0.2, 0.25) is 0 Å². The van der Waals surface area contributed by atoms with Gasteiger partial charge >= 0.3 is 0 Å². The molecule has 0 bridgehead atoms. The monoisotopic (exact) mass is 298 g/mol. The fraction of sp³-hybridized carbons (Fsp3) is 0.462. The maximum Gasteiger partial charge on any atom is 0.270 e. The van der Waals surface area contributed by atoms with Crippen LogP contribution < -0.4 is 0 Å². The standard InChI is InChI=1S/C13H15FN2O3S/c1-8-5-10(16(18)19)6-11(12(8)14)13(17)15-3-4-20-7-9(15)2/h5-6,9H,3-4,7H2,1-2H3. The molecule has 1 aliphatic heterocycles. The van der Waals surface area contributed by atoms with Crippen molar-refractivity contribution < 1.29 is 14.1 Å². The average molecular weight is 298 g/mol. The summed E-state index contributed by atoms with van der Waals surface area (Å²) in [5, 5.41) is 10.8. The Balaban J connectivity index is 2.40. The van der Waals surface area contributed by atoms with E-state index in [1.54, 1.807) is 16.7 Å². The normalized spacial score (nSPS) is 18.9. The Hall–Kier alpha value is -1.63. The van der Waals surface area contributed by atoms with E-state index >= 15 is 0 Å². The van der Waals surface area contributed by atoms with Gasteiger partial charge in [-0.1, -0.05) is 0 Å². The molecule has 1 aromatic rings. The van der Waals surface area contributed by atoms with Crippen LogP contribution in [0.15, 0.2) is 12.1 Å². The van der Waals surface area contributed by atoms with Gasteiger partial charge in [0.15, 0.2) is 0 Å². The van der Waals surface area contributed by atoms with E-state index in [9.17, 15) is 19.3 Å². The molecular formula is C13H15FN2O3S. The van der Waals surface area contributed by atoms with E-state index in [2.05, 4.69) is 0 Å². The van der Waals surface area contributed by atoms with E-state index in [-0.39, 0.29) is 22.9 Å². The molecule has 1 aromatic carbocycles. The molecule has 0 saturated carbocycles. The third-order valence-electron chi connectivity index (χ3n) is 3.31. The van der Waals surface area contributed by atoms with Crippen molar-refractivity contribution in [1.82, 2.24) is 4.90 Å². The number of carbonyl (C=O) groups is 1. The van der Waals surface area contributed by atoms with Gasteiger partial charge in [-0.25, -0.2) is 4.39 Å². The second-order valence-corrected chi connectivity index (χ2v) is 5.95. The van der Waals surface area contributed by atoms with Crippen LogP contribution in [0.3, 0.4) is 0 Å². The number of carbonyl (C=O) groups excluding carboxylic acids is 1. The number of nitrogens with zero attached hydrogens (tertiary/aromatic N) is 2. The summed E-state index contributed by atoms with van der Waals surface area (Å²) in [6.07, 6.45) is 0. The summed E-state index contributed by atoms with van der Waals surface area (Å²) < 4.78 is 14.1. The minimum absolute atomic E-state index is 0.000202. The summed E-state index contributed by atoms with van der Waals surface area (Å²) in [5.41, 5.74) is -0.358. The van der Waals surface area contributed by atoms with Gasteiger partial charge in [0, 0.05) is 36.2 Å². The zero-order valence-corrected chi connectivity index (χ0v) is 12.1. The van der Waals surface area contributed by atoms with E-state index in [4.69, 9.17) is 0 Å². The van der Waals surface area contributed by atoms with E-state index in [1.165, 1.54) is 6.92 Å². The number of thioether (sulfide) groups is 1. The van der Waals surface area contributed by atoms with Crippen LogP contribution in [0.25, 0.3) is 0 Å². The van der Waals surface area contributed by atoms with Gasteiger partial charge in [0.25, 0.3) is 11.6 Å². The number of hydrogen-bond acceptors (Lipinski definition) is 4. The lowest BCUT2D eigenvalue weighted by Gasteiger charge is -2.33. The lowest BCUT2D eigenvalue weighted by Crippen LogP contribution is -2.44. The van der Waals surface area contributed by atoms with Gasteiger partial charge in [0.1, 0.15) is 5.82 Å². The van der Waals surface area contributed by atoms with Crippen LogP contribution in [0.4, 0.5) is 10.1 Å². The van der Waals surface area contributed by atoms with Gasteiger partial charge in [-0.2, -0.15) is 11.8 Å². The number of nitro groups is 1. The first-order chi connectivity index (χ1) is 9.41. The van der Waals surface area contributed by atoms with Crippen molar-refractivity contribution in [2.45, 2.75) is 19.9 Å². The third kappa shape index (κ3) is 2.77. The summed E-state index contributed by atoms with van der Waals surface area (Å²) in [7, 11) is 0. The van der Waals surface area contributed by atoms with Gasteiger partial charge in [-0.15, -0.1) is 0 Å². The van der Waals surface area contributed by atoms with E-state index < -0.39 is 16.6 Å². The lowest BCUT2D eigenvalue weighted by molar-refractivity contribution is -0.385. The minimum Gasteiger partial charge on any atom is -0.334 e. The highest BCUT2D eigenvalue weighted by atomic mass is 32.2. The fourth-order valence-corrected chi connectivity index (χ4v) is 3.21. The summed E-state index contributed by atoms with van der Waals surface area (Å²) >= 11 is 1.74. The first-order valence-electron chi connectivity index (χ1n) is 6.25. The molecule has 1 atom stereocenters. The molecule has 7 heteroatoms. The zero-order valence-electron chi connectivity index (χ0n) is 11.3. The number of benzene rings is 1. The molecular weight excluding hydrogens is 283 g/mol. The molecule has 0 spiro atoms. The highest BCUT2D eigenvalue weighted by molar-refractivity contribution is 7.99. The second-order valence-electron chi connectivity index (χ2n) is 4.80. The average Bonchev–Trinajstić information content (AvgIpc) is 2.41. The van der Waals surface area contributed by atoms with Crippen molar-refractivity contribution in [1.29, 1.82) is 0 Å². The Morgan fingerprint density at radius 2 is 2.25 bits per heavy atom. The number of aryl methyl sites for hydroxylation is 1. The van der Waals surface area contributed by atoms with Crippen LogP contribution >= 0.6 is 11.8 Å². The van der Waals surface area contributed by atoms with Crippen LogP contribution in [0, 0.1) is 22.9 Å². The summed E-state index contributed by atoms with van der Waals surface area (Å²) in [5.74, 6) is 0.445. The third-order valence-corrected chi connectivity index (χ3v) is 4.50. The molecule has 108 valence electrons. The number of rotatable bonds is 2. The molecule has 0 N–H and O–H groups in total. The Morgan fingerprint density at radius 1 is 1.55 bits per heavy atom. The molecule has 2 rings (SSSR count). The van der Waals surface area contributed by atoms with Gasteiger partial charge in [0.2, 0.25) is 0 Å². The molecule has 20 heavy (non-hydrogen) atoms. The SMILES string of the molecule is Cc1cc([N+](=O)[O-])cc(C(=O)N2CCSCC2C)c1F. The van der Waals surface area contributed by atoms with E-state index in [1.807, 2.05) is 6.92 Å². The van der Waals surface area contributed by atoms with Gasteiger partial charge in [0.05, 0.1) is 10.5 Å². The quantitative estimate of drug-likeness (QED) is 0.622. The smallest absolute Gasteiger partial charge is 0.270 e. The molecule has 1 aliphatic rings. The number of non-ortho nitro benzene ring substituents is 1. The molecule has 5 nitrogen and oxygen atoms in total. The maximum atomic E-state index is 14.1.